The minimum atomic E-state index is -1.22. The number of hydrogen-bond acceptors (Lipinski definition) is 12. The van der Waals surface area contributed by atoms with Crippen LogP contribution >= 0.6 is 0 Å². The van der Waals surface area contributed by atoms with Crippen LogP contribution in [0.5, 0.6) is 0 Å². The van der Waals surface area contributed by atoms with Crippen molar-refractivity contribution in [3.8, 4) is 0 Å². The van der Waals surface area contributed by atoms with E-state index < -0.39 is 49.6 Å². The summed E-state index contributed by atoms with van der Waals surface area (Å²) in [6.07, 6.45) is 59.9. The minimum Gasteiger partial charge on any atom is -0.462 e. The fourth-order valence-electron chi connectivity index (χ4n) is 10.8. The van der Waals surface area contributed by atoms with Crippen molar-refractivity contribution in [2.24, 2.45) is 0 Å². The first-order valence-electron chi connectivity index (χ1n) is 36.4. The van der Waals surface area contributed by atoms with Gasteiger partial charge >= 0.3 is 23.9 Å². The van der Waals surface area contributed by atoms with E-state index in [1.807, 2.05) is 0 Å². The maximum absolute atomic E-state index is 13.5. The molecule has 0 fully saturated rings. The zero-order valence-corrected chi connectivity index (χ0v) is 55.8. The lowest BCUT2D eigenvalue weighted by Gasteiger charge is -2.27. The Hall–Kier alpha value is -2.28. The average molecular weight is 1200 g/mol. The summed E-state index contributed by atoms with van der Waals surface area (Å²) in [5, 5.41) is 33.2. The van der Waals surface area contributed by atoms with Crippen LogP contribution in [0, 0.1) is 0 Å². The van der Waals surface area contributed by atoms with Crippen molar-refractivity contribution in [2.75, 3.05) is 26.4 Å². The van der Waals surface area contributed by atoms with Crippen molar-refractivity contribution < 1.29 is 58.6 Å². The molecule has 12 heteroatoms. The Kier molecular flexibility index (Phi) is 69.6. The highest BCUT2D eigenvalue weighted by Crippen LogP contribution is 2.20. The number of ether oxygens (including phenoxy) is 4. The molecule has 0 bridgehead atoms. The number of esters is 4. The number of rotatable bonds is 66. The smallest absolute Gasteiger partial charge is 0.306 e. The minimum absolute atomic E-state index is 0.236. The number of carbonyl (C=O) groups is 4. The van der Waals surface area contributed by atoms with Crippen molar-refractivity contribution >= 4 is 23.9 Å². The van der Waals surface area contributed by atoms with E-state index in [4.69, 9.17) is 39.4 Å². The van der Waals surface area contributed by atoms with Crippen LogP contribution in [-0.2, 0) is 38.1 Å². The molecule has 0 heterocycles. The third kappa shape index (κ3) is 64.2. The van der Waals surface area contributed by atoms with Gasteiger partial charge in [0.2, 0.25) is 0 Å². The topological polar surface area (TPSA) is 186 Å². The summed E-state index contributed by atoms with van der Waals surface area (Å²) in [6.45, 7) is 7.52. The molecule has 0 aliphatic carbocycles. The Morgan fingerprint density at radius 2 is 0.405 bits per heavy atom. The Balaban J connectivity index is 0. The molecule has 0 spiro atoms. The van der Waals surface area contributed by atoms with E-state index in [1.54, 1.807) is 0 Å². The highest BCUT2D eigenvalue weighted by Gasteiger charge is 2.32. The molecule has 0 radical (unpaired) electrons. The van der Waals surface area contributed by atoms with Gasteiger partial charge in [0, 0.05) is 25.7 Å². The number of unbranched alkanes of at least 4 members (excludes halogenated alkanes) is 48. The van der Waals surface area contributed by atoms with Gasteiger partial charge in [-0.3, -0.25) is 19.2 Å². The van der Waals surface area contributed by atoms with E-state index in [0.29, 0.717) is 12.8 Å². The van der Waals surface area contributed by atoms with Gasteiger partial charge in [0.1, 0.15) is 25.4 Å². The molecular weight excluding hydrogens is 1060 g/mol. The molecule has 0 saturated heterocycles. The first-order valence-corrected chi connectivity index (χ1v) is 36.4. The van der Waals surface area contributed by atoms with Crippen LogP contribution in [-0.4, -0.2) is 95.1 Å². The van der Waals surface area contributed by atoms with Crippen molar-refractivity contribution in [2.45, 2.75) is 412 Å². The zero-order chi connectivity index (χ0) is 61.9. The molecule has 0 aromatic heterocycles. The molecular formula is C72H140O12. The van der Waals surface area contributed by atoms with Crippen LogP contribution in [0.2, 0.25) is 0 Å². The summed E-state index contributed by atoms with van der Waals surface area (Å²) in [6, 6.07) is 0. The number of carbonyl (C=O) groups excluding carboxylic acids is 4. The largest absolute Gasteiger partial charge is 0.462 e. The van der Waals surface area contributed by atoms with Gasteiger partial charge in [-0.15, -0.1) is 0 Å². The predicted octanol–water partition coefficient (Wildman–Crippen LogP) is 19.5. The maximum Gasteiger partial charge on any atom is 0.306 e. The molecule has 0 aliphatic rings. The molecule has 0 rings (SSSR count). The fraction of sp³-hybridized carbons (Fsp3) is 0.944. The number of hydrogen-bond donors (Lipinski definition) is 4. The molecule has 4 atom stereocenters. The van der Waals surface area contributed by atoms with Gasteiger partial charge in [-0.1, -0.05) is 336 Å². The lowest BCUT2D eigenvalue weighted by Crippen LogP contribution is -2.42. The maximum atomic E-state index is 13.5. The normalized spacial score (nSPS) is 12.8. The van der Waals surface area contributed by atoms with Gasteiger partial charge in [0.25, 0.3) is 0 Å². The standard InChI is InChI=1S/C68H130O8.C4H10O4/c1-5-9-13-17-21-25-29-33-37-41-45-49-53-57-65(69)73-61-63(75-67(71)59-55-51-47-43-39-35-31-27-23-19-15-11-7-3)64(76-68(72)60-56-52-48-44-40-36-32-28-24-20-16-12-8-4)62-74-66(70)58-54-50-46-42-38-34-30-26-22-18-14-10-6-2;5-1-3(7)4(8)2-6/h63-64H,5-62H2,1-4H3;3-8H,1-2H2/t63-,64+;. The predicted molar refractivity (Wildman–Crippen MR) is 349 cm³/mol. The van der Waals surface area contributed by atoms with E-state index in [-0.39, 0.29) is 50.8 Å². The van der Waals surface area contributed by atoms with Crippen molar-refractivity contribution in [3.05, 3.63) is 0 Å². The van der Waals surface area contributed by atoms with E-state index in [0.717, 1.165) is 64.2 Å². The molecule has 500 valence electrons. The quantitative estimate of drug-likeness (QED) is 0.0257. The molecule has 0 amide bonds. The summed E-state index contributed by atoms with van der Waals surface area (Å²) in [7, 11) is 0. The van der Waals surface area contributed by atoms with E-state index in [9.17, 15) is 19.2 Å². The van der Waals surface area contributed by atoms with Crippen molar-refractivity contribution in [1.82, 2.24) is 0 Å². The first-order chi connectivity index (χ1) is 41.1. The van der Waals surface area contributed by atoms with Gasteiger partial charge in [-0.25, -0.2) is 0 Å². The van der Waals surface area contributed by atoms with Gasteiger partial charge < -0.3 is 39.4 Å². The molecule has 0 saturated carbocycles. The van der Waals surface area contributed by atoms with Crippen molar-refractivity contribution in [3.63, 3.8) is 0 Å². The highest BCUT2D eigenvalue weighted by atomic mass is 16.6. The second kappa shape index (κ2) is 69.8. The third-order valence-electron chi connectivity index (χ3n) is 16.6. The Morgan fingerprint density at radius 3 is 0.571 bits per heavy atom. The van der Waals surface area contributed by atoms with E-state index >= 15 is 0 Å². The van der Waals surface area contributed by atoms with Gasteiger partial charge in [-0.2, -0.15) is 0 Å². The van der Waals surface area contributed by atoms with Crippen LogP contribution in [0.3, 0.4) is 0 Å². The second-order valence-corrected chi connectivity index (χ2v) is 24.9. The second-order valence-electron chi connectivity index (χ2n) is 24.9. The van der Waals surface area contributed by atoms with E-state index in [2.05, 4.69) is 27.7 Å². The summed E-state index contributed by atoms with van der Waals surface area (Å²) >= 11 is 0. The molecule has 84 heavy (non-hydrogen) atoms. The molecule has 0 aliphatic heterocycles. The number of aliphatic hydroxyl groups is 4. The van der Waals surface area contributed by atoms with Crippen LogP contribution < -0.4 is 0 Å². The molecule has 0 aromatic carbocycles. The monoisotopic (exact) mass is 1200 g/mol. The average Bonchev–Trinajstić information content (AvgIpc) is 3.64. The van der Waals surface area contributed by atoms with Crippen LogP contribution in [0.4, 0.5) is 0 Å². The Bertz CT molecular complexity index is 1260. The SMILES string of the molecule is CCCCCCCCCCCCCCCC(=O)OC[C@H](OC(=O)CCCCCCCCCCCCCCC)[C@@H](COC(=O)CCCCCCCCCCCCCCC)OC(=O)CCCCCCCCCCCCCCC.OCC(O)C(O)CO. The lowest BCUT2D eigenvalue weighted by atomic mass is 10.0. The van der Waals surface area contributed by atoms with Gasteiger partial charge in [0.15, 0.2) is 12.2 Å². The van der Waals surface area contributed by atoms with Crippen LogP contribution in [0.15, 0.2) is 0 Å². The summed E-state index contributed by atoms with van der Waals surface area (Å²) < 4.78 is 23.7. The van der Waals surface area contributed by atoms with Gasteiger partial charge in [0.05, 0.1) is 13.2 Å². The zero-order valence-electron chi connectivity index (χ0n) is 55.8. The highest BCUT2D eigenvalue weighted by molar-refractivity contribution is 5.72. The summed E-state index contributed by atoms with van der Waals surface area (Å²) in [5.74, 6) is -1.51. The van der Waals surface area contributed by atoms with E-state index in [1.165, 1.54) is 257 Å². The number of aliphatic hydroxyl groups excluding tert-OH is 4. The van der Waals surface area contributed by atoms with Crippen LogP contribution in [0.1, 0.15) is 387 Å². The molecule has 2 unspecified atom stereocenters. The van der Waals surface area contributed by atoms with Gasteiger partial charge in [-0.05, 0) is 25.7 Å². The molecule has 12 nitrogen and oxygen atoms in total. The molecule has 4 N–H and O–H groups in total. The third-order valence-corrected chi connectivity index (χ3v) is 16.6. The lowest BCUT2D eigenvalue weighted by molar-refractivity contribution is -0.183. The fourth-order valence-corrected chi connectivity index (χ4v) is 10.8. The van der Waals surface area contributed by atoms with Crippen LogP contribution in [0.25, 0.3) is 0 Å². The first kappa shape index (κ1) is 83.8. The van der Waals surface area contributed by atoms with Crippen molar-refractivity contribution in [1.29, 1.82) is 0 Å². The summed E-state index contributed by atoms with van der Waals surface area (Å²) in [4.78, 5) is 53.3. The molecule has 0 aromatic rings. The summed E-state index contributed by atoms with van der Waals surface area (Å²) in [5.41, 5.74) is 0. The Morgan fingerprint density at radius 1 is 0.250 bits per heavy atom. The Labute approximate surface area is 518 Å².